The van der Waals surface area contributed by atoms with Gasteiger partial charge in [-0.25, -0.2) is 4.98 Å². The summed E-state index contributed by atoms with van der Waals surface area (Å²) in [5, 5.41) is 5.59. The molecule has 1 aliphatic heterocycles. The molecule has 4 rings (SSSR count). The Labute approximate surface area is 201 Å². The predicted octanol–water partition coefficient (Wildman–Crippen LogP) is 5.34. The van der Waals surface area contributed by atoms with E-state index in [1.807, 2.05) is 29.5 Å². The van der Waals surface area contributed by atoms with Gasteiger partial charge in [-0.2, -0.15) is 0 Å². The number of anilines is 2. The zero-order valence-electron chi connectivity index (χ0n) is 20.3. The summed E-state index contributed by atoms with van der Waals surface area (Å²) in [5.41, 5.74) is 4.06. The molecule has 33 heavy (non-hydrogen) atoms. The van der Waals surface area contributed by atoms with Gasteiger partial charge in [0, 0.05) is 35.6 Å². The fourth-order valence-electron chi connectivity index (χ4n) is 4.87. The molecule has 0 bridgehead atoms. The summed E-state index contributed by atoms with van der Waals surface area (Å²) in [6.45, 7) is 7.42. The van der Waals surface area contributed by atoms with Crippen LogP contribution >= 0.6 is 11.3 Å². The van der Waals surface area contributed by atoms with Crippen molar-refractivity contribution in [2.24, 2.45) is 5.41 Å². The molecule has 1 aliphatic carbocycles. The Kier molecular flexibility index (Phi) is 7.19. The fraction of sp³-hybridized carbons (Fsp3) is 0.577. The maximum Gasteiger partial charge on any atom is 0.240 e. The first kappa shape index (κ1) is 23.9. The molecule has 1 N–H and O–H groups in total. The van der Waals surface area contributed by atoms with Crippen LogP contribution in [-0.4, -0.2) is 47.9 Å². The van der Waals surface area contributed by atoms with E-state index in [2.05, 4.69) is 42.0 Å². The lowest BCUT2D eigenvalue weighted by Crippen LogP contribution is -2.39. The molecule has 0 saturated heterocycles. The van der Waals surface area contributed by atoms with Gasteiger partial charge in [0.2, 0.25) is 11.8 Å². The van der Waals surface area contributed by atoms with E-state index >= 15 is 0 Å². The molecule has 6 nitrogen and oxygen atoms in total. The van der Waals surface area contributed by atoms with Crippen molar-refractivity contribution in [2.45, 2.75) is 71.8 Å². The van der Waals surface area contributed by atoms with E-state index in [1.54, 1.807) is 0 Å². The van der Waals surface area contributed by atoms with E-state index in [1.165, 1.54) is 49.0 Å². The third kappa shape index (κ3) is 6.01. The van der Waals surface area contributed by atoms with Crippen molar-refractivity contribution in [1.29, 1.82) is 0 Å². The standard InChI is InChI=1S/C26H36N4O2S/c1-26(2,3)15-24(32)30-13-12-19-14-18(10-11-22(19)30)21-17-33-25(27-21)28-23(31)16-29(4)20-8-6-5-7-9-20/h10-11,14,17,20H,5-9,12-13,15-16H2,1-4H3,(H,27,28,31). The minimum atomic E-state index is -0.0214. The predicted molar refractivity (Wildman–Crippen MR) is 136 cm³/mol. The van der Waals surface area contributed by atoms with Crippen LogP contribution in [0.3, 0.4) is 0 Å². The van der Waals surface area contributed by atoms with Crippen molar-refractivity contribution in [1.82, 2.24) is 9.88 Å². The average molecular weight is 469 g/mol. The van der Waals surface area contributed by atoms with E-state index < -0.39 is 0 Å². The molecule has 2 aromatic rings. The molecule has 2 amide bonds. The molecule has 2 aliphatic rings. The number of benzene rings is 1. The van der Waals surface area contributed by atoms with Crippen LogP contribution in [0.5, 0.6) is 0 Å². The van der Waals surface area contributed by atoms with Gasteiger partial charge in [0.1, 0.15) is 0 Å². The lowest BCUT2D eigenvalue weighted by molar-refractivity contribution is -0.120. The van der Waals surface area contributed by atoms with Crippen molar-refractivity contribution in [3.8, 4) is 11.3 Å². The number of hydrogen-bond acceptors (Lipinski definition) is 5. The molecular weight excluding hydrogens is 432 g/mol. The second kappa shape index (κ2) is 9.94. The number of hydrogen-bond donors (Lipinski definition) is 1. The minimum absolute atomic E-state index is 0.00840. The number of thiazole rings is 1. The van der Waals surface area contributed by atoms with Crippen LogP contribution in [0.25, 0.3) is 11.3 Å². The molecule has 0 atom stereocenters. The van der Waals surface area contributed by atoms with Crippen molar-refractivity contribution < 1.29 is 9.59 Å². The van der Waals surface area contributed by atoms with Crippen LogP contribution < -0.4 is 10.2 Å². The molecule has 1 fully saturated rings. The molecule has 0 radical (unpaired) electrons. The van der Waals surface area contributed by atoms with E-state index in [-0.39, 0.29) is 17.2 Å². The zero-order chi connectivity index (χ0) is 23.6. The quantitative estimate of drug-likeness (QED) is 0.622. The molecular formula is C26H36N4O2S. The number of nitrogens with one attached hydrogen (secondary N) is 1. The van der Waals surface area contributed by atoms with Crippen LogP contribution in [0.1, 0.15) is 64.9 Å². The third-order valence-electron chi connectivity index (χ3n) is 6.59. The Hall–Kier alpha value is -2.25. The van der Waals surface area contributed by atoms with Gasteiger partial charge in [-0.1, -0.05) is 46.1 Å². The fourth-order valence-corrected chi connectivity index (χ4v) is 5.61. The number of likely N-dealkylation sites (N-methyl/N-ethyl adjacent to an activating group) is 1. The average Bonchev–Trinajstić information content (AvgIpc) is 3.39. The maximum atomic E-state index is 12.7. The highest BCUT2D eigenvalue weighted by Gasteiger charge is 2.28. The molecule has 2 heterocycles. The van der Waals surface area contributed by atoms with Gasteiger partial charge >= 0.3 is 0 Å². The Balaban J connectivity index is 1.38. The summed E-state index contributed by atoms with van der Waals surface area (Å²) in [4.78, 5) is 34.0. The van der Waals surface area contributed by atoms with E-state index in [0.717, 1.165) is 29.9 Å². The topological polar surface area (TPSA) is 65.5 Å². The number of aromatic nitrogens is 1. The largest absolute Gasteiger partial charge is 0.312 e. The molecule has 178 valence electrons. The number of carbonyl (C=O) groups excluding carboxylic acids is 2. The zero-order valence-corrected chi connectivity index (χ0v) is 21.1. The lowest BCUT2D eigenvalue weighted by Gasteiger charge is -2.30. The Bertz CT molecular complexity index is 1000. The van der Waals surface area contributed by atoms with Crippen LogP contribution in [0.4, 0.5) is 10.8 Å². The summed E-state index contributed by atoms with van der Waals surface area (Å²) in [6.07, 6.45) is 7.60. The summed E-state index contributed by atoms with van der Waals surface area (Å²) in [7, 11) is 2.04. The molecule has 0 spiro atoms. The normalized spacial score (nSPS) is 16.8. The van der Waals surface area contributed by atoms with Gasteiger partial charge in [-0.15, -0.1) is 11.3 Å². The number of rotatable bonds is 6. The van der Waals surface area contributed by atoms with Crippen LogP contribution in [-0.2, 0) is 16.0 Å². The van der Waals surface area contributed by atoms with Gasteiger partial charge in [-0.3, -0.25) is 14.5 Å². The van der Waals surface area contributed by atoms with Gasteiger partial charge < -0.3 is 10.2 Å². The maximum absolute atomic E-state index is 12.7. The van der Waals surface area contributed by atoms with Gasteiger partial charge in [-0.05, 0) is 49.4 Å². The monoisotopic (exact) mass is 468 g/mol. The van der Waals surface area contributed by atoms with E-state index in [9.17, 15) is 9.59 Å². The number of carbonyl (C=O) groups is 2. The first-order valence-corrected chi connectivity index (χ1v) is 13.0. The second-order valence-corrected chi connectivity index (χ2v) is 11.5. The van der Waals surface area contributed by atoms with Crippen molar-refractivity contribution in [3.05, 3.63) is 29.1 Å². The molecule has 1 saturated carbocycles. The van der Waals surface area contributed by atoms with Crippen LogP contribution in [0.15, 0.2) is 23.6 Å². The molecule has 7 heteroatoms. The van der Waals surface area contributed by atoms with Crippen molar-refractivity contribution in [3.63, 3.8) is 0 Å². The summed E-state index contributed by atoms with van der Waals surface area (Å²) in [6, 6.07) is 6.71. The highest BCUT2D eigenvalue weighted by Crippen LogP contribution is 2.35. The molecule has 0 unspecified atom stereocenters. The first-order chi connectivity index (χ1) is 15.7. The summed E-state index contributed by atoms with van der Waals surface area (Å²) >= 11 is 1.45. The summed E-state index contributed by atoms with van der Waals surface area (Å²) < 4.78 is 0. The van der Waals surface area contributed by atoms with Crippen molar-refractivity contribution in [2.75, 3.05) is 30.4 Å². The molecule has 1 aromatic carbocycles. The summed E-state index contributed by atoms with van der Waals surface area (Å²) in [5.74, 6) is 0.178. The van der Waals surface area contributed by atoms with E-state index in [4.69, 9.17) is 0 Å². The van der Waals surface area contributed by atoms with Gasteiger partial charge in [0.25, 0.3) is 0 Å². The van der Waals surface area contributed by atoms with Gasteiger partial charge in [0.15, 0.2) is 5.13 Å². The number of fused-ring (bicyclic) bond motifs is 1. The van der Waals surface area contributed by atoms with Gasteiger partial charge in [0.05, 0.1) is 12.2 Å². The lowest BCUT2D eigenvalue weighted by atomic mass is 9.91. The highest BCUT2D eigenvalue weighted by atomic mass is 32.1. The molecule has 1 aromatic heterocycles. The Morgan fingerprint density at radius 2 is 1.97 bits per heavy atom. The smallest absolute Gasteiger partial charge is 0.240 e. The number of nitrogens with zero attached hydrogens (tertiary/aromatic N) is 3. The third-order valence-corrected chi connectivity index (χ3v) is 7.35. The Morgan fingerprint density at radius 3 is 2.70 bits per heavy atom. The number of amides is 2. The van der Waals surface area contributed by atoms with E-state index in [0.29, 0.717) is 24.1 Å². The van der Waals surface area contributed by atoms with Crippen LogP contribution in [0, 0.1) is 5.41 Å². The first-order valence-electron chi connectivity index (χ1n) is 12.1. The SMILES string of the molecule is CN(CC(=O)Nc1nc(-c2ccc3c(c2)CCN3C(=O)CC(C)(C)C)cs1)C1CCCCC1. The second-order valence-electron chi connectivity index (χ2n) is 10.7. The van der Waals surface area contributed by atoms with Crippen LogP contribution in [0.2, 0.25) is 0 Å². The Morgan fingerprint density at radius 1 is 1.21 bits per heavy atom. The highest BCUT2D eigenvalue weighted by molar-refractivity contribution is 7.14. The minimum Gasteiger partial charge on any atom is -0.312 e. The van der Waals surface area contributed by atoms with Crippen molar-refractivity contribution >= 4 is 34.0 Å².